The Morgan fingerprint density at radius 3 is 2.89 bits per heavy atom. The Kier molecular flexibility index (Phi) is 3.61. The molecule has 0 atom stereocenters. The molecule has 0 saturated heterocycles. The van der Waals surface area contributed by atoms with Gasteiger partial charge in [-0.05, 0) is 12.1 Å². The number of carbonyl (C=O) groups excluding carboxylic acids is 2. The first-order chi connectivity index (χ1) is 9.06. The minimum absolute atomic E-state index is 0.0691. The van der Waals surface area contributed by atoms with Gasteiger partial charge in [0.1, 0.15) is 12.4 Å². The number of hydrogen-bond acceptors (Lipinski definition) is 3. The summed E-state index contributed by atoms with van der Waals surface area (Å²) in [6, 6.07) is 7.24. The lowest BCUT2D eigenvalue weighted by molar-refractivity contribution is -0.118. The van der Waals surface area contributed by atoms with Crippen molar-refractivity contribution < 1.29 is 9.59 Å². The Hall–Kier alpha value is -2.63. The fourth-order valence-corrected chi connectivity index (χ4v) is 1.80. The highest BCUT2D eigenvalue weighted by molar-refractivity contribution is 5.89. The van der Waals surface area contributed by atoms with Crippen LogP contribution >= 0.6 is 0 Å². The van der Waals surface area contributed by atoms with Gasteiger partial charge >= 0.3 is 0 Å². The fraction of sp³-hybridized carbons (Fsp3) is 0.154. The number of hydrogen-bond donors (Lipinski definition) is 2. The lowest BCUT2D eigenvalue weighted by atomic mass is 10.2. The van der Waals surface area contributed by atoms with E-state index in [4.69, 9.17) is 5.73 Å². The molecule has 2 amide bonds. The van der Waals surface area contributed by atoms with Crippen molar-refractivity contribution in [3.05, 3.63) is 36.7 Å². The molecule has 0 aliphatic carbocycles. The van der Waals surface area contributed by atoms with Crippen LogP contribution < -0.4 is 11.1 Å². The molecule has 6 nitrogen and oxygen atoms in total. The summed E-state index contributed by atoms with van der Waals surface area (Å²) in [5.74, 6) is 0.0564. The standard InChI is InChI=1S/C13H14N4O2/c1-9(18)16-11-4-2-3-10(7-11)13-15-5-6-17(13)8-12(14)19/h2-7H,8H2,1H3,(H2,14,19)(H,16,18). The number of imidazole rings is 1. The number of nitrogens with one attached hydrogen (secondary N) is 1. The van der Waals surface area contributed by atoms with E-state index in [2.05, 4.69) is 10.3 Å². The van der Waals surface area contributed by atoms with Crippen LogP contribution in [0.2, 0.25) is 0 Å². The molecule has 0 bridgehead atoms. The lowest BCUT2D eigenvalue weighted by Gasteiger charge is -2.07. The molecule has 1 aromatic carbocycles. The van der Waals surface area contributed by atoms with Crippen molar-refractivity contribution in [3.8, 4) is 11.4 Å². The van der Waals surface area contributed by atoms with Gasteiger partial charge in [0.25, 0.3) is 0 Å². The SMILES string of the molecule is CC(=O)Nc1cccc(-c2nccn2CC(N)=O)c1. The number of aromatic nitrogens is 2. The van der Waals surface area contributed by atoms with Crippen molar-refractivity contribution in [2.75, 3.05) is 5.32 Å². The van der Waals surface area contributed by atoms with Gasteiger partial charge in [-0.15, -0.1) is 0 Å². The van der Waals surface area contributed by atoms with E-state index in [-0.39, 0.29) is 12.5 Å². The molecule has 0 unspecified atom stereocenters. The molecule has 6 heteroatoms. The Bertz CT molecular complexity index is 619. The van der Waals surface area contributed by atoms with Crippen molar-refractivity contribution in [1.82, 2.24) is 9.55 Å². The van der Waals surface area contributed by atoms with E-state index in [1.165, 1.54) is 6.92 Å². The smallest absolute Gasteiger partial charge is 0.237 e. The third-order valence-electron chi connectivity index (χ3n) is 2.48. The highest BCUT2D eigenvalue weighted by atomic mass is 16.1. The summed E-state index contributed by atoms with van der Waals surface area (Å²) in [7, 11) is 0. The zero-order valence-electron chi connectivity index (χ0n) is 10.5. The average molecular weight is 258 g/mol. The summed E-state index contributed by atoms with van der Waals surface area (Å²) in [6.07, 6.45) is 3.29. The van der Waals surface area contributed by atoms with Crippen LogP contribution in [0.25, 0.3) is 11.4 Å². The van der Waals surface area contributed by atoms with Crippen LogP contribution in [0.3, 0.4) is 0 Å². The number of amides is 2. The summed E-state index contributed by atoms with van der Waals surface area (Å²) in [6.45, 7) is 1.51. The Labute approximate surface area is 110 Å². The second-order valence-electron chi connectivity index (χ2n) is 4.11. The second-order valence-corrected chi connectivity index (χ2v) is 4.11. The molecule has 2 rings (SSSR count). The number of anilines is 1. The largest absolute Gasteiger partial charge is 0.368 e. The molecule has 1 heterocycles. The molecule has 0 saturated carbocycles. The fourth-order valence-electron chi connectivity index (χ4n) is 1.80. The van der Waals surface area contributed by atoms with E-state index in [1.54, 1.807) is 29.1 Å². The van der Waals surface area contributed by atoms with Gasteiger partial charge in [-0.3, -0.25) is 9.59 Å². The first-order valence-corrected chi connectivity index (χ1v) is 5.74. The summed E-state index contributed by atoms with van der Waals surface area (Å²) in [5, 5.41) is 2.70. The van der Waals surface area contributed by atoms with Crippen molar-refractivity contribution in [2.45, 2.75) is 13.5 Å². The maximum atomic E-state index is 11.0. The third-order valence-corrected chi connectivity index (χ3v) is 2.48. The molecular formula is C13H14N4O2. The number of nitrogens with zero attached hydrogens (tertiary/aromatic N) is 2. The number of nitrogens with two attached hydrogens (primary N) is 1. The summed E-state index contributed by atoms with van der Waals surface area (Å²) in [4.78, 5) is 26.2. The van der Waals surface area contributed by atoms with Gasteiger partial charge in [-0.2, -0.15) is 0 Å². The summed E-state index contributed by atoms with van der Waals surface area (Å²) in [5.41, 5.74) is 6.66. The third kappa shape index (κ3) is 3.19. The maximum absolute atomic E-state index is 11.0. The molecule has 2 aromatic rings. The van der Waals surface area contributed by atoms with Crippen LogP contribution in [0, 0.1) is 0 Å². The van der Waals surface area contributed by atoms with Crippen LogP contribution in [-0.4, -0.2) is 21.4 Å². The van der Waals surface area contributed by atoms with Crippen LogP contribution in [0.4, 0.5) is 5.69 Å². The van der Waals surface area contributed by atoms with E-state index in [0.29, 0.717) is 11.5 Å². The topological polar surface area (TPSA) is 90.0 Å². The minimum atomic E-state index is -0.433. The summed E-state index contributed by atoms with van der Waals surface area (Å²) < 4.78 is 1.66. The van der Waals surface area contributed by atoms with Crippen LogP contribution in [0.5, 0.6) is 0 Å². The Morgan fingerprint density at radius 2 is 2.21 bits per heavy atom. The molecule has 98 valence electrons. The molecule has 19 heavy (non-hydrogen) atoms. The van der Waals surface area contributed by atoms with Crippen LogP contribution in [-0.2, 0) is 16.1 Å². The van der Waals surface area contributed by atoms with Crippen LogP contribution in [0.1, 0.15) is 6.92 Å². The Balaban J connectivity index is 2.33. The van der Waals surface area contributed by atoms with Gasteiger partial charge < -0.3 is 15.6 Å². The predicted molar refractivity (Wildman–Crippen MR) is 71.2 cm³/mol. The van der Waals surface area contributed by atoms with Gasteiger partial charge in [0.2, 0.25) is 11.8 Å². The predicted octanol–water partition coefficient (Wildman–Crippen LogP) is 0.994. The monoisotopic (exact) mass is 258 g/mol. The summed E-state index contributed by atoms with van der Waals surface area (Å²) >= 11 is 0. The molecule has 1 aromatic heterocycles. The van der Waals surface area contributed by atoms with Gasteiger partial charge in [-0.1, -0.05) is 12.1 Å². The van der Waals surface area contributed by atoms with Gasteiger partial charge in [0, 0.05) is 30.6 Å². The lowest BCUT2D eigenvalue weighted by Crippen LogP contribution is -2.18. The Morgan fingerprint density at radius 1 is 1.42 bits per heavy atom. The minimum Gasteiger partial charge on any atom is -0.368 e. The van der Waals surface area contributed by atoms with Gasteiger partial charge in [0.05, 0.1) is 0 Å². The molecule has 0 aliphatic rings. The van der Waals surface area contributed by atoms with Crippen molar-refractivity contribution in [3.63, 3.8) is 0 Å². The number of benzene rings is 1. The number of carbonyl (C=O) groups is 2. The molecule has 0 fully saturated rings. The highest BCUT2D eigenvalue weighted by Gasteiger charge is 2.08. The molecular weight excluding hydrogens is 244 g/mol. The van der Waals surface area contributed by atoms with E-state index in [0.717, 1.165) is 5.56 Å². The zero-order valence-corrected chi connectivity index (χ0v) is 10.5. The van der Waals surface area contributed by atoms with Crippen LogP contribution in [0.15, 0.2) is 36.7 Å². The van der Waals surface area contributed by atoms with E-state index in [1.807, 2.05) is 12.1 Å². The van der Waals surface area contributed by atoms with Crippen molar-refractivity contribution in [1.29, 1.82) is 0 Å². The quantitative estimate of drug-likeness (QED) is 0.857. The van der Waals surface area contributed by atoms with E-state index < -0.39 is 5.91 Å². The molecule has 0 spiro atoms. The van der Waals surface area contributed by atoms with Gasteiger partial charge in [-0.25, -0.2) is 4.98 Å². The zero-order chi connectivity index (χ0) is 13.8. The van der Waals surface area contributed by atoms with Crippen molar-refractivity contribution >= 4 is 17.5 Å². The van der Waals surface area contributed by atoms with E-state index in [9.17, 15) is 9.59 Å². The number of rotatable bonds is 4. The van der Waals surface area contributed by atoms with E-state index >= 15 is 0 Å². The molecule has 0 radical (unpaired) electrons. The van der Waals surface area contributed by atoms with Gasteiger partial charge in [0.15, 0.2) is 0 Å². The first-order valence-electron chi connectivity index (χ1n) is 5.74. The molecule has 3 N–H and O–H groups in total. The average Bonchev–Trinajstić information content (AvgIpc) is 2.75. The normalized spacial score (nSPS) is 10.2. The number of primary amides is 1. The molecule has 0 aliphatic heterocycles. The van der Waals surface area contributed by atoms with Crippen molar-refractivity contribution in [2.24, 2.45) is 5.73 Å². The maximum Gasteiger partial charge on any atom is 0.237 e. The first kappa shape index (κ1) is 12.8. The highest BCUT2D eigenvalue weighted by Crippen LogP contribution is 2.21. The second kappa shape index (κ2) is 5.34.